The number of aryl methyl sites for hydroxylation is 2. The van der Waals surface area contributed by atoms with E-state index >= 15 is 0 Å². The fraction of sp³-hybridized carbons (Fsp3) is 0.100. The van der Waals surface area contributed by atoms with E-state index in [0.717, 1.165) is 22.4 Å². The topological polar surface area (TPSA) is 39.6 Å². The standard InChI is InChI=1S/C20H16N2S/c1-13-8-9-16(14(2)10-13)19-11-17(15-6-4-3-5-7-15)18(12-21)20(23)22-19/h3-11H,1-2H3,(H,22,23). The number of H-pyrrole nitrogens is 1. The van der Waals surface area contributed by atoms with Gasteiger partial charge in [-0.05, 0) is 31.0 Å². The van der Waals surface area contributed by atoms with Crippen molar-refractivity contribution in [3.8, 4) is 28.5 Å². The highest BCUT2D eigenvalue weighted by molar-refractivity contribution is 7.71. The second-order valence-corrected chi connectivity index (χ2v) is 6.01. The first-order chi connectivity index (χ1) is 11.1. The zero-order valence-electron chi connectivity index (χ0n) is 13.1. The molecular weight excluding hydrogens is 300 g/mol. The molecule has 112 valence electrons. The predicted molar refractivity (Wildman–Crippen MR) is 96.7 cm³/mol. The van der Waals surface area contributed by atoms with Crippen LogP contribution in [0.5, 0.6) is 0 Å². The zero-order valence-corrected chi connectivity index (χ0v) is 13.9. The van der Waals surface area contributed by atoms with Gasteiger partial charge in [0, 0.05) is 16.8 Å². The van der Waals surface area contributed by atoms with E-state index in [9.17, 15) is 5.26 Å². The lowest BCUT2D eigenvalue weighted by Crippen LogP contribution is -1.94. The SMILES string of the molecule is Cc1ccc(-c2cc(-c3ccccc3)c(C#N)c(=S)[nH]2)c(C)c1. The minimum atomic E-state index is 0.476. The van der Waals surface area contributed by atoms with E-state index in [1.165, 1.54) is 11.1 Å². The molecule has 0 amide bonds. The molecule has 1 N–H and O–H groups in total. The van der Waals surface area contributed by atoms with Gasteiger partial charge in [-0.25, -0.2) is 0 Å². The van der Waals surface area contributed by atoms with E-state index in [2.05, 4.69) is 43.1 Å². The van der Waals surface area contributed by atoms with Crippen LogP contribution in [0.1, 0.15) is 16.7 Å². The Bertz CT molecular complexity index is 963. The van der Waals surface area contributed by atoms with Gasteiger partial charge in [-0.3, -0.25) is 0 Å². The fourth-order valence-electron chi connectivity index (χ4n) is 2.78. The van der Waals surface area contributed by atoms with Gasteiger partial charge in [-0.2, -0.15) is 5.26 Å². The summed E-state index contributed by atoms with van der Waals surface area (Å²) in [7, 11) is 0. The van der Waals surface area contributed by atoms with Crippen molar-refractivity contribution in [3.63, 3.8) is 0 Å². The molecule has 0 saturated carbocycles. The molecule has 0 bridgehead atoms. The summed E-state index contributed by atoms with van der Waals surface area (Å²) in [6.45, 7) is 4.16. The van der Waals surface area contributed by atoms with Crippen LogP contribution < -0.4 is 0 Å². The summed E-state index contributed by atoms with van der Waals surface area (Å²) in [5, 5.41) is 9.48. The Morgan fingerprint density at radius 3 is 2.35 bits per heavy atom. The Morgan fingerprint density at radius 2 is 1.70 bits per heavy atom. The Hall–Kier alpha value is -2.70. The van der Waals surface area contributed by atoms with Gasteiger partial charge in [0.2, 0.25) is 0 Å². The Labute approximate surface area is 141 Å². The molecule has 23 heavy (non-hydrogen) atoms. The highest BCUT2D eigenvalue weighted by atomic mass is 32.1. The van der Waals surface area contributed by atoms with E-state index in [4.69, 9.17) is 12.2 Å². The van der Waals surface area contributed by atoms with E-state index in [1.807, 2.05) is 36.4 Å². The second kappa shape index (κ2) is 6.20. The van der Waals surface area contributed by atoms with Gasteiger partial charge in [0.1, 0.15) is 10.7 Å². The summed E-state index contributed by atoms with van der Waals surface area (Å²) in [6, 6.07) is 20.4. The molecule has 0 unspecified atom stereocenters. The third-order valence-corrected chi connectivity index (χ3v) is 4.21. The van der Waals surface area contributed by atoms with Crippen LogP contribution in [0, 0.1) is 29.8 Å². The van der Waals surface area contributed by atoms with Gasteiger partial charge in [-0.15, -0.1) is 0 Å². The number of nitriles is 1. The average molecular weight is 316 g/mol. The third-order valence-electron chi connectivity index (χ3n) is 3.90. The van der Waals surface area contributed by atoms with E-state index in [1.54, 1.807) is 0 Å². The predicted octanol–water partition coefficient (Wildman–Crippen LogP) is 5.57. The van der Waals surface area contributed by atoms with Crippen LogP contribution in [0.15, 0.2) is 54.6 Å². The maximum atomic E-state index is 9.48. The molecule has 0 saturated heterocycles. The lowest BCUT2D eigenvalue weighted by Gasteiger charge is -2.11. The monoisotopic (exact) mass is 316 g/mol. The molecule has 2 aromatic carbocycles. The second-order valence-electron chi connectivity index (χ2n) is 5.60. The Morgan fingerprint density at radius 1 is 0.957 bits per heavy atom. The molecule has 3 aromatic rings. The Kier molecular flexibility index (Phi) is 4.10. The van der Waals surface area contributed by atoms with Crippen molar-refractivity contribution in [2.24, 2.45) is 0 Å². The van der Waals surface area contributed by atoms with E-state index in [0.29, 0.717) is 10.2 Å². The summed E-state index contributed by atoms with van der Waals surface area (Å²) >= 11 is 5.42. The smallest absolute Gasteiger partial charge is 0.122 e. The molecule has 0 aliphatic rings. The number of nitrogens with zero attached hydrogens (tertiary/aromatic N) is 1. The summed E-state index contributed by atoms with van der Waals surface area (Å²) < 4.78 is 0.476. The summed E-state index contributed by atoms with van der Waals surface area (Å²) in [4.78, 5) is 3.21. The van der Waals surface area contributed by atoms with Gasteiger partial charge in [0.25, 0.3) is 0 Å². The van der Waals surface area contributed by atoms with Crippen LogP contribution in [0.2, 0.25) is 0 Å². The van der Waals surface area contributed by atoms with Crippen LogP contribution in [0.3, 0.4) is 0 Å². The van der Waals surface area contributed by atoms with Gasteiger partial charge < -0.3 is 4.98 Å². The quantitative estimate of drug-likeness (QED) is 0.628. The van der Waals surface area contributed by atoms with Gasteiger partial charge >= 0.3 is 0 Å². The van der Waals surface area contributed by atoms with Crippen LogP contribution >= 0.6 is 12.2 Å². The van der Waals surface area contributed by atoms with Gasteiger partial charge in [0.15, 0.2) is 0 Å². The van der Waals surface area contributed by atoms with Crippen LogP contribution in [-0.4, -0.2) is 4.98 Å². The molecule has 0 aliphatic heterocycles. The minimum absolute atomic E-state index is 0.476. The molecule has 1 aromatic heterocycles. The van der Waals surface area contributed by atoms with Crippen molar-refractivity contribution < 1.29 is 0 Å². The average Bonchev–Trinajstić information content (AvgIpc) is 2.55. The molecule has 3 heteroatoms. The van der Waals surface area contributed by atoms with Crippen molar-refractivity contribution in [1.82, 2.24) is 4.98 Å². The van der Waals surface area contributed by atoms with Crippen molar-refractivity contribution in [2.75, 3.05) is 0 Å². The highest BCUT2D eigenvalue weighted by Gasteiger charge is 2.11. The number of nitrogens with one attached hydrogen (secondary N) is 1. The van der Waals surface area contributed by atoms with Crippen molar-refractivity contribution in [1.29, 1.82) is 5.26 Å². The first-order valence-corrected chi connectivity index (χ1v) is 7.81. The molecule has 0 fully saturated rings. The summed E-state index contributed by atoms with van der Waals surface area (Å²) in [5.41, 5.74) is 6.82. The van der Waals surface area contributed by atoms with E-state index < -0.39 is 0 Å². The maximum absolute atomic E-state index is 9.48. The van der Waals surface area contributed by atoms with Gasteiger partial charge in [-0.1, -0.05) is 66.3 Å². The first kappa shape index (κ1) is 15.2. The number of aromatic nitrogens is 1. The minimum Gasteiger partial charge on any atom is -0.345 e. The summed E-state index contributed by atoms with van der Waals surface area (Å²) in [6.07, 6.45) is 0. The van der Waals surface area contributed by atoms with Crippen molar-refractivity contribution in [3.05, 3.63) is 75.9 Å². The Balaban J connectivity index is 2.27. The maximum Gasteiger partial charge on any atom is 0.122 e. The van der Waals surface area contributed by atoms with Crippen molar-refractivity contribution >= 4 is 12.2 Å². The largest absolute Gasteiger partial charge is 0.345 e. The number of hydrogen-bond donors (Lipinski definition) is 1. The van der Waals surface area contributed by atoms with Gasteiger partial charge in [0.05, 0.1) is 5.56 Å². The molecule has 0 atom stereocenters. The number of benzene rings is 2. The normalized spacial score (nSPS) is 10.3. The first-order valence-electron chi connectivity index (χ1n) is 7.40. The lowest BCUT2D eigenvalue weighted by molar-refractivity contribution is 1.26. The number of rotatable bonds is 2. The number of hydrogen-bond acceptors (Lipinski definition) is 2. The number of pyridine rings is 1. The molecule has 3 rings (SSSR count). The third kappa shape index (κ3) is 2.94. The molecular formula is C20H16N2S. The van der Waals surface area contributed by atoms with Crippen LogP contribution in [0.4, 0.5) is 0 Å². The molecule has 1 heterocycles. The van der Waals surface area contributed by atoms with E-state index in [-0.39, 0.29) is 0 Å². The highest BCUT2D eigenvalue weighted by Crippen LogP contribution is 2.30. The van der Waals surface area contributed by atoms with Crippen LogP contribution in [-0.2, 0) is 0 Å². The molecule has 2 nitrogen and oxygen atoms in total. The fourth-order valence-corrected chi connectivity index (χ4v) is 3.04. The number of aromatic amines is 1. The summed E-state index contributed by atoms with van der Waals surface area (Å²) in [5.74, 6) is 0. The molecule has 0 spiro atoms. The van der Waals surface area contributed by atoms with Crippen molar-refractivity contribution in [2.45, 2.75) is 13.8 Å². The zero-order chi connectivity index (χ0) is 16.4. The lowest BCUT2D eigenvalue weighted by atomic mass is 9.97. The molecule has 0 aliphatic carbocycles. The van der Waals surface area contributed by atoms with Crippen LogP contribution in [0.25, 0.3) is 22.4 Å². The molecule has 0 radical (unpaired) electrons.